The molecule has 0 bridgehead atoms. The molecule has 7 nitrogen and oxygen atoms in total. The lowest BCUT2D eigenvalue weighted by Gasteiger charge is -2.37. The molecule has 1 aromatic rings. The summed E-state index contributed by atoms with van der Waals surface area (Å²) in [5, 5.41) is 2.90. The first-order chi connectivity index (χ1) is 12.5. The molecule has 1 fully saturated rings. The average molecular weight is 396 g/mol. The second kappa shape index (κ2) is 8.39. The van der Waals surface area contributed by atoms with Gasteiger partial charge in [-0.2, -0.15) is 0 Å². The van der Waals surface area contributed by atoms with Gasteiger partial charge in [0.05, 0.1) is 6.26 Å². The van der Waals surface area contributed by atoms with Crippen LogP contribution in [0, 0.1) is 11.3 Å². The minimum absolute atomic E-state index is 0.0464. The molecule has 1 atom stereocenters. The van der Waals surface area contributed by atoms with Crippen molar-refractivity contribution >= 4 is 27.5 Å². The number of benzene rings is 1. The Morgan fingerprint density at radius 1 is 1.11 bits per heavy atom. The van der Waals surface area contributed by atoms with Crippen LogP contribution in [0.3, 0.4) is 0 Å². The van der Waals surface area contributed by atoms with Crippen molar-refractivity contribution < 1.29 is 18.0 Å². The molecule has 1 aromatic carbocycles. The monoisotopic (exact) mass is 395 g/mol. The molecule has 150 valence electrons. The first-order valence-electron chi connectivity index (χ1n) is 9.09. The van der Waals surface area contributed by atoms with Crippen molar-refractivity contribution in [1.82, 2.24) is 9.62 Å². The molecule has 2 rings (SSSR count). The highest BCUT2D eigenvalue weighted by atomic mass is 32.2. The van der Waals surface area contributed by atoms with E-state index in [9.17, 15) is 18.0 Å². The predicted octanol–water partition coefficient (Wildman–Crippen LogP) is 1.83. The zero-order valence-electron chi connectivity index (χ0n) is 16.4. The van der Waals surface area contributed by atoms with E-state index in [0.29, 0.717) is 25.9 Å². The molecule has 1 aliphatic rings. The van der Waals surface area contributed by atoms with Crippen LogP contribution in [0.2, 0.25) is 0 Å². The van der Waals surface area contributed by atoms with Gasteiger partial charge >= 0.3 is 0 Å². The van der Waals surface area contributed by atoms with Crippen molar-refractivity contribution in [2.24, 2.45) is 11.3 Å². The highest BCUT2D eigenvalue weighted by Crippen LogP contribution is 2.25. The molecule has 2 amide bonds. The van der Waals surface area contributed by atoms with E-state index in [1.807, 2.05) is 51.1 Å². The van der Waals surface area contributed by atoms with Gasteiger partial charge in [0, 0.05) is 24.7 Å². The van der Waals surface area contributed by atoms with E-state index in [1.54, 1.807) is 4.90 Å². The molecule has 2 N–H and O–H groups in total. The largest absolute Gasteiger partial charge is 0.341 e. The van der Waals surface area contributed by atoms with E-state index in [0.717, 1.165) is 11.9 Å². The Kier molecular flexibility index (Phi) is 6.64. The third-order valence-corrected chi connectivity index (χ3v) is 5.33. The van der Waals surface area contributed by atoms with Crippen LogP contribution in [-0.2, 0) is 19.6 Å². The molecule has 0 radical (unpaired) electrons. The van der Waals surface area contributed by atoms with E-state index >= 15 is 0 Å². The number of anilines is 1. The van der Waals surface area contributed by atoms with Crippen LogP contribution < -0.4 is 10.0 Å². The van der Waals surface area contributed by atoms with Crippen molar-refractivity contribution in [3.8, 4) is 0 Å². The van der Waals surface area contributed by atoms with E-state index < -0.39 is 21.5 Å². The number of carbonyl (C=O) groups excluding carboxylic acids is 2. The van der Waals surface area contributed by atoms with Crippen molar-refractivity contribution in [2.45, 2.75) is 39.7 Å². The number of para-hydroxylation sites is 1. The third-order valence-electron chi connectivity index (χ3n) is 4.66. The van der Waals surface area contributed by atoms with Gasteiger partial charge < -0.3 is 10.2 Å². The fraction of sp³-hybridized carbons (Fsp3) is 0.579. The summed E-state index contributed by atoms with van der Waals surface area (Å²) in [6.45, 7) is 6.35. The quantitative estimate of drug-likeness (QED) is 0.795. The van der Waals surface area contributed by atoms with Crippen LogP contribution >= 0.6 is 0 Å². The topological polar surface area (TPSA) is 95.6 Å². The normalized spacial score (nSPS) is 17.4. The maximum Gasteiger partial charge on any atom is 0.241 e. The molecular weight excluding hydrogens is 366 g/mol. The number of hydrogen-bond acceptors (Lipinski definition) is 4. The van der Waals surface area contributed by atoms with E-state index in [2.05, 4.69) is 10.0 Å². The number of carbonyl (C=O) groups is 2. The standard InChI is InChI=1S/C19H29N3O4S/c1-19(2,3)16(21-27(4,25)26)18(24)22-12-10-14(11-13-22)17(23)20-15-8-6-5-7-9-15/h5-9,14,16,21H,10-13H2,1-4H3,(H,20,23)/t16-/m0/s1. The SMILES string of the molecule is CC(C)(C)[C@@H](NS(C)(=O)=O)C(=O)N1CCC(C(=O)Nc2ccccc2)CC1. The molecule has 27 heavy (non-hydrogen) atoms. The molecule has 1 saturated heterocycles. The van der Waals surface area contributed by atoms with Gasteiger partial charge in [0.15, 0.2) is 0 Å². The minimum Gasteiger partial charge on any atom is -0.341 e. The molecule has 0 unspecified atom stereocenters. The number of nitrogens with zero attached hydrogens (tertiary/aromatic N) is 1. The van der Waals surface area contributed by atoms with Crippen LogP contribution in [0.15, 0.2) is 30.3 Å². The molecule has 1 heterocycles. The van der Waals surface area contributed by atoms with Crippen molar-refractivity contribution in [3.63, 3.8) is 0 Å². The first-order valence-corrected chi connectivity index (χ1v) is 11.0. The van der Waals surface area contributed by atoms with Gasteiger partial charge in [-0.1, -0.05) is 39.0 Å². The van der Waals surface area contributed by atoms with Crippen molar-refractivity contribution in [3.05, 3.63) is 30.3 Å². The zero-order valence-corrected chi connectivity index (χ0v) is 17.2. The Morgan fingerprint density at radius 2 is 1.67 bits per heavy atom. The zero-order chi connectivity index (χ0) is 20.2. The second-order valence-electron chi connectivity index (χ2n) is 8.14. The fourth-order valence-corrected chi connectivity index (χ4v) is 4.00. The Morgan fingerprint density at radius 3 is 2.15 bits per heavy atom. The van der Waals surface area contributed by atoms with Crippen LogP contribution in [0.1, 0.15) is 33.6 Å². The van der Waals surface area contributed by atoms with E-state index in [1.165, 1.54) is 0 Å². The second-order valence-corrected chi connectivity index (χ2v) is 9.92. The number of amides is 2. The average Bonchev–Trinajstić information content (AvgIpc) is 2.58. The molecule has 1 aliphatic heterocycles. The summed E-state index contributed by atoms with van der Waals surface area (Å²) in [5.74, 6) is -0.449. The Bertz CT molecular complexity index is 764. The summed E-state index contributed by atoms with van der Waals surface area (Å²) < 4.78 is 25.8. The Hall–Kier alpha value is -1.93. The molecular formula is C19H29N3O4S. The molecule has 0 aromatic heterocycles. The highest BCUT2D eigenvalue weighted by molar-refractivity contribution is 7.88. The summed E-state index contributed by atoms with van der Waals surface area (Å²) in [6.07, 6.45) is 2.17. The maximum absolute atomic E-state index is 12.9. The van der Waals surface area contributed by atoms with Crippen LogP contribution in [0.25, 0.3) is 0 Å². The predicted molar refractivity (Wildman–Crippen MR) is 106 cm³/mol. The van der Waals surface area contributed by atoms with Gasteiger partial charge in [-0.15, -0.1) is 0 Å². The van der Waals surface area contributed by atoms with Gasteiger partial charge in [-0.3, -0.25) is 9.59 Å². The molecule has 0 spiro atoms. The lowest BCUT2D eigenvalue weighted by atomic mass is 9.85. The summed E-state index contributed by atoms with van der Waals surface area (Å²) in [4.78, 5) is 27.0. The maximum atomic E-state index is 12.9. The van der Waals surface area contributed by atoms with Gasteiger partial charge in [0.2, 0.25) is 21.8 Å². The van der Waals surface area contributed by atoms with Gasteiger partial charge in [-0.25, -0.2) is 13.1 Å². The Labute approximate surface area is 161 Å². The lowest BCUT2D eigenvalue weighted by Crippen LogP contribution is -2.56. The molecule has 0 saturated carbocycles. The molecule has 8 heteroatoms. The smallest absolute Gasteiger partial charge is 0.241 e. The number of nitrogens with one attached hydrogen (secondary N) is 2. The van der Waals surface area contributed by atoms with Gasteiger partial charge in [0.1, 0.15) is 6.04 Å². The van der Waals surface area contributed by atoms with Crippen LogP contribution in [0.5, 0.6) is 0 Å². The summed E-state index contributed by atoms with van der Waals surface area (Å²) in [6, 6.07) is 8.44. The van der Waals surface area contributed by atoms with Gasteiger partial charge in [0.25, 0.3) is 0 Å². The molecule has 0 aliphatic carbocycles. The lowest BCUT2D eigenvalue weighted by molar-refractivity contribution is -0.138. The summed E-state index contributed by atoms with van der Waals surface area (Å²) >= 11 is 0. The van der Waals surface area contributed by atoms with Crippen molar-refractivity contribution in [1.29, 1.82) is 0 Å². The van der Waals surface area contributed by atoms with E-state index in [4.69, 9.17) is 0 Å². The third kappa shape index (κ3) is 6.32. The number of sulfonamides is 1. The number of hydrogen-bond donors (Lipinski definition) is 2. The highest BCUT2D eigenvalue weighted by Gasteiger charge is 2.38. The number of rotatable bonds is 5. The van der Waals surface area contributed by atoms with Crippen LogP contribution in [-0.4, -0.2) is 50.5 Å². The van der Waals surface area contributed by atoms with Crippen LogP contribution in [0.4, 0.5) is 5.69 Å². The van der Waals surface area contributed by atoms with Gasteiger partial charge in [-0.05, 0) is 30.4 Å². The first kappa shape index (κ1) is 21.4. The fourth-order valence-electron chi connectivity index (χ4n) is 3.12. The number of piperidine rings is 1. The van der Waals surface area contributed by atoms with Crippen molar-refractivity contribution in [2.75, 3.05) is 24.7 Å². The number of likely N-dealkylation sites (tertiary alicyclic amines) is 1. The summed E-state index contributed by atoms with van der Waals surface area (Å²) in [5.41, 5.74) is 0.202. The van der Waals surface area contributed by atoms with E-state index in [-0.39, 0.29) is 17.7 Å². The summed E-state index contributed by atoms with van der Waals surface area (Å²) in [7, 11) is -3.51. The minimum atomic E-state index is -3.51. The Balaban J connectivity index is 1.97.